The summed E-state index contributed by atoms with van der Waals surface area (Å²) in [7, 11) is 0. The molecular formula is C18H18N2O5. The number of fused-ring (bicyclic) bond motifs is 2. The van der Waals surface area contributed by atoms with Crippen LogP contribution in [0.4, 0.5) is 0 Å². The monoisotopic (exact) mass is 342 g/mol. The zero-order valence-electron chi connectivity index (χ0n) is 13.7. The third-order valence-corrected chi connectivity index (χ3v) is 5.64. The number of aryl methyl sites for hydroxylation is 1. The van der Waals surface area contributed by atoms with E-state index in [9.17, 15) is 24.6 Å². The quantitative estimate of drug-likeness (QED) is 0.770. The van der Waals surface area contributed by atoms with Gasteiger partial charge in [0.1, 0.15) is 0 Å². The number of nitrogens with one attached hydrogen (secondary N) is 1. The minimum absolute atomic E-state index is 0.0993. The van der Waals surface area contributed by atoms with Gasteiger partial charge in [0.2, 0.25) is 0 Å². The van der Waals surface area contributed by atoms with Gasteiger partial charge >= 0.3 is 11.9 Å². The van der Waals surface area contributed by atoms with Gasteiger partial charge in [0.05, 0.1) is 10.8 Å². The molecule has 0 amide bonds. The number of piperidine rings is 1. The van der Waals surface area contributed by atoms with Crippen LogP contribution in [-0.4, -0.2) is 45.1 Å². The highest BCUT2D eigenvalue weighted by Crippen LogP contribution is 2.68. The molecule has 2 aliphatic rings. The standard InChI is InChI=1S/C18H18N2O5/c1-10-2-3-13-12(4-10)14(21)5-11(19-13)6-20-8-17(15(22)23)7-18(17,9-20)16(24)25/h2-5H,6-9H2,1H3,(H,19,21)(H,22,23)(H,24,25)/t17-,18+. The highest BCUT2D eigenvalue weighted by molar-refractivity contribution is 5.94. The van der Waals surface area contributed by atoms with E-state index < -0.39 is 22.8 Å². The summed E-state index contributed by atoms with van der Waals surface area (Å²) in [5.74, 6) is -2.11. The first kappa shape index (κ1) is 15.8. The van der Waals surface area contributed by atoms with Crippen molar-refractivity contribution in [3.05, 3.63) is 45.7 Å². The third-order valence-electron chi connectivity index (χ3n) is 5.64. The van der Waals surface area contributed by atoms with Crippen LogP contribution in [0.5, 0.6) is 0 Å². The molecule has 0 spiro atoms. The highest BCUT2D eigenvalue weighted by atomic mass is 16.4. The maximum absolute atomic E-state index is 12.3. The molecule has 7 heteroatoms. The molecule has 0 bridgehead atoms. The van der Waals surface area contributed by atoms with Crippen LogP contribution in [-0.2, 0) is 16.1 Å². The minimum Gasteiger partial charge on any atom is -0.481 e. The lowest BCUT2D eigenvalue weighted by molar-refractivity contribution is -0.151. The Morgan fingerprint density at radius 1 is 1.16 bits per heavy atom. The molecule has 0 unspecified atom stereocenters. The van der Waals surface area contributed by atoms with Gasteiger partial charge in [-0.15, -0.1) is 0 Å². The molecule has 1 saturated heterocycles. The zero-order chi connectivity index (χ0) is 18.0. The van der Waals surface area contributed by atoms with E-state index in [1.807, 2.05) is 25.1 Å². The Kier molecular flexibility index (Phi) is 3.12. The van der Waals surface area contributed by atoms with Gasteiger partial charge in [0.25, 0.3) is 0 Å². The van der Waals surface area contributed by atoms with Crippen LogP contribution < -0.4 is 5.43 Å². The Hall–Kier alpha value is -2.67. The number of carbonyl (C=O) groups is 2. The van der Waals surface area contributed by atoms with E-state index in [-0.39, 0.29) is 24.9 Å². The first-order valence-electron chi connectivity index (χ1n) is 8.09. The number of benzene rings is 1. The number of hydrogen-bond donors (Lipinski definition) is 3. The second-order valence-corrected chi connectivity index (χ2v) is 7.30. The normalized spacial score (nSPS) is 28.0. The second kappa shape index (κ2) is 4.92. The minimum atomic E-state index is -1.20. The maximum atomic E-state index is 12.3. The maximum Gasteiger partial charge on any atom is 0.312 e. The van der Waals surface area contributed by atoms with Gasteiger partial charge in [-0.05, 0) is 25.5 Å². The summed E-state index contributed by atoms with van der Waals surface area (Å²) in [6, 6.07) is 7.08. The summed E-state index contributed by atoms with van der Waals surface area (Å²) >= 11 is 0. The van der Waals surface area contributed by atoms with Crippen LogP contribution in [0.3, 0.4) is 0 Å². The molecule has 130 valence electrons. The van der Waals surface area contributed by atoms with E-state index in [4.69, 9.17) is 0 Å². The van der Waals surface area contributed by atoms with Crippen LogP contribution in [0.25, 0.3) is 10.9 Å². The lowest BCUT2D eigenvalue weighted by Gasteiger charge is -2.19. The van der Waals surface area contributed by atoms with E-state index in [0.29, 0.717) is 17.6 Å². The summed E-state index contributed by atoms with van der Waals surface area (Å²) in [5.41, 5.74) is -0.128. The molecule has 7 nitrogen and oxygen atoms in total. The number of aromatic nitrogens is 1. The lowest BCUT2D eigenvalue weighted by Crippen LogP contribution is -2.29. The molecule has 0 radical (unpaired) electrons. The summed E-state index contributed by atoms with van der Waals surface area (Å²) in [4.78, 5) is 40.5. The molecule has 4 rings (SSSR count). The third kappa shape index (κ3) is 2.12. The van der Waals surface area contributed by atoms with E-state index in [2.05, 4.69) is 4.98 Å². The van der Waals surface area contributed by atoms with Gasteiger partial charge in [-0.25, -0.2) is 0 Å². The number of rotatable bonds is 4. The first-order chi connectivity index (χ1) is 11.8. The number of hydrogen-bond acceptors (Lipinski definition) is 4. The van der Waals surface area contributed by atoms with Gasteiger partial charge in [0.15, 0.2) is 5.43 Å². The fourth-order valence-electron chi connectivity index (χ4n) is 4.25. The van der Waals surface area contributed by atoms with Gasteiger partial charge in [-0.2, -0.15) is 0 Å². The molecule has 1 aromatic carbocycles. The summed E-state index contributed by atoms with van der Waals surface area (Å²) < 4.78 is 0. The molecule has 1 saturated carbocycles. The number of carboxylic acids is 2. The predicted molar refractivity (Wildman–Crippen MR) is 89.3 cm³/mol. The van der Waals surface area contributed by atoms with Crippen molar-refractivity contribution in [1.29, 1.82) is 0 Å². The summed E-state index contributed by atoms with van der Waals surface area (Å²) in [5, 5.41) is 19.6. The van der Waals surface area contributed by atoms with Crippen molar-refractivity contribution < 1.29 is 19.8 Å². The molecule has 1 aliphatic heterocycles. The number of aliphatic carboxylic acids is 2. The van der Waals surface area contributed by atoms with E-state index in [0.717, 1.165) is 11.1 Å². The fraction of sp³-hybridized carbons (Fsp3) is 0.389. The molecule has 2 aromatic rings. The van der Waals surface area contributed by atoms with Gasteiger partial charge in [-0.3, -0.25) is 19.3 Å². The van der Waals surface area contributed by atoms with Crippen molar-refractivity contribution in [3.63, 3.8) is 0 Å². The molecule has 1 aromatic heterocycles. The summed E-state index contributed by atoms with van der Waals surface area (Å²) in [6.07, 6.45) is 0.175. The number of carboxylic acid groups (broad SMARTS) is 2. The number of likely N-dealkylation sites (tertiary alicyclic amines) is 1. The number of aromatic amines is 1. The van der Waals surface area contributed by atoms with Crippen molar-refractivity contribution in [2.45, 2.75) is 19.9 Å². The number of H-pyrrole nitrogens is 1. The van der Waals surface area contributed by atoms with Gasteiger partial charge in [-0.1, -0.05) is 11.6 Å². The average Bonchev–Trinajstić information content (AvgIpc) is 3.08. The van der Waals surface area contributed by atoms with E-state index in [1.165, 1.54) is 6.07 Å². The van der Waals surface area contributed by atoms with Crippen molar-refractivity contribution in [1.82, 2.24) is 9.88 Å². The Bertz CT molecular complexity index is 953. The highest BCUT2D eigenvalue weighted by Gasteiger charge is 2.80. The largest absolute Gasteiger partial charge is 0.481 e. The molecule has 25 heavy (non-hydrogen) atoms. The molecule has 2 atom stereocenters. The van der Waals surface area contributed by atoms with Gasteiger partial charge in [0, 0.05) is 42.3 Å². The fourth-order valence-corrected chi connectivity index (χ4v) is 4.25. The van der Waals surface area contributed by atoms with E-state index >= 15 is 0 Å². The topological polar surface area (TPSA) is 111 Å². The predicted octanol–water partition coefficient (Wildman–Crippen LogP) is 1.20. The molecule has 3 N–H and O–H groups in total. The molecule has 2 heterocycles. The molecular weight excluding hydrogens is 324 g/mol. The summed E-state index contributed by atoms with van der Waals surface area (Å²) in [6.45, 7) is 2.61. The first-order valence-corrected chi connectivity index (χ1v) is 8.09. The van der Waals surface area contributed by atoms with Crippen molar-refractivity contribution in [3.8, 4) is 0 Å². The van der Waals surface area contributed by atoms with Crippen LogP contribution in [0.1, 0.15) is 17.7 Å². The van der Waals surface area contributed by atoms with E-state index in [1.54, 1.807) is 4.90 Å². The van der Waals surface area contributed by atoms with Crippen molar-refractivity contribution in [2.24, 2.45) is 10.8 Å². The number of pyridine rings is 1. The Morgan fingerprint density at radius 3 is 2.40 bits per heavy atom. The van der Waals surface area contributed by atoms with Crippen LogP contribution in [0.15, 0.2) is 29.1 Å². The van der Waals surface area contributed by atoms with Crippen molar-refractivity contribution in [2.75, 3.05) is 13.1 Å². The van der Waals surface area contributed by atoms with Crippen LogP contribution in [0, 0.1) is 17.8 Å². The zero-order valence-corrected chi connectivity index (χ0v) is 13.7. The lowest BCUT2D eigenvalue weighted by atomic mass is 9.97. The Morgan fingerprint density at radius 2 is 1.80 bits per heavy atom. The van der Waals surface area contributed by atoms with Gasteiger partial charge < -0.3 is 15.2 Å². The smallest absolute Gasteiger partial charge is 0.312 e. The van der Waals surface area contributed by atoms with Crippen LogP contribution in [0.2, 0.25) is 0 Å². The SMILES string of the molecule is Cc1ccc2[nH]c(CN3C[C@@]4(C(=O)O)C[C@@]4(C(=O)O)C3)cc(=O)c2c1. The van der Waals surface area contributed by atoms with Crippen LogP contribution >= 0.6 is 0 Å². The molecule has 2 fully saturated rings. The molecule has 1 aliphatic carbocycles. The average molecular weight is 342 g/mol. The second-order valence-electron chi connectivity index (χ2n) is 7.30. The Balaban J connectivity index is 1.63. The Labute approximate surface area is 142 Å². The number of nitrogens with zero attached hydrogens (tertiary/aromatic N) is 1. The van der Waals surface area contributed by atoms with Crippen molar-refractivity contribution >= 4 is 22.8 Å².